The molecule has 4 rings (SSSR count). The maximum atomic E-state index is 5.57. The third-order valence-corrected chi connectivity index (χ3v) is 6.22. The summed E-state index contributed by atoms with van der Waals surface area (Å²) in [6, 6.07) is 6.51. The molecule has 2 aliphatic rings. The fourth-order valence-electron chi connectivity index (χ4n) is 3.72. The number of nitrogens with zero attached hydrogens (tertiary/aromatic N) is 3. The Morgan fingerprint density at radius 1 is 1.21 bits per heavy atom. The Morgan fingerprint density at radius 2 is 2.00 bits per heavy atom. The number of hydrogen-bond acceptors (Lipinski definition) is 5. The van der Waals surface area contributed by atoms with Gasteiger partial charge in [-0.1, -0.05) is 12.1 Å². The molecular formula is C21H30IN5OS. The van der Waals surface area contributed by atoms with Gasteiger partial charge in [-0.3, -0.25) is 4.99 Å². The summed E-state index contributed by atoms with van der Waals surface area (Å²) in [4.78, 5) is 11.5. The minimum Gasteiger partial charge on any atom is -0.493 e. The smallest absolute Gasteiger partial charge is 0.190 e. The average Bonchev–Trinajstić information content (AvgIpc) is 3.47. The predicted octanol–water partition coefficient (Wildman–Crippen LogP) is 3.25. The molecule has 8 heteroatoms. The van der Waals surface area contributed by atoms with Gasteiger partial charge in [0.15, 0.2) is 11.1 Å². The number of aliphatic imine (C=N–C) groups is 1. The molecule has 1 aromatic heterocycles. The number of rotatable bonds is 7. The number of anilines is 1. The molecule has 0 bridgehead atoms. The minimum atomic E-state index is 0. The van der Waals surface area contributed by atoms with Crippen LogP contribution >= 0.6 is 35.3 Å². The Morgan fingerprint density at radius 3 is 2.79 bits per heavy atom. The van der Waals surface area contributed by atoms with Crippen molar-refractivity contribution in [1.82, 2.24) is 15.6 Å². The van der Waals surface area contributed by atoms with E-state index in [1.807, 2.05) is 7.05 Å². The number of aromatic nitrogens is 1. The van der Waals surface area contributed by atoms with Gasteiger partial charge in [0.2, 0.25) is 0 Å². The maximum absolute atomic E-state index is 5.57. The van der Waals surface area contributed by atoms with E-state index < -0.39 is 0 Å². The highest BCUT2D eigenvalue weighted by molar-refractivity contribution is 14.0. The molecule has 0 amide bonds. The second kappa shape index (κ2) is 11.0. The van der Waals surface area contributed by atoms with Crippen LogP contribution in [0.4, 0.5) is 5.13 Å². The van der Waals surface area contributed by atoms with Gasteiger partial charge in [0.25, 0.3) is 0 Å². The Bertz CT molecular complexity index is 819. The molecule has 2 aromatic rings. The number of nitrogens with one attached hydrogen (secondary N) is 2. The predicted molar refractivity (Wildman–Crippen MR) is 131 cm³/mol. The number of halogens is 1. The second-order valence-electron chi connectivity index (χ2n) is 7.28. The van der Waals surface area contributed by atoms with Crippen LogP contribution in [0.1, 0.15) is 29.7 Å². The van der Waals surface area contributed by atoms with E-state index in [0.29, 0.717) is 0 Å². The number of thiazole rings is 1. The first kappa shape index (κ1) is 22.1. The molecule has 2 aliphatic heterocycles. The average molecular weight is 527 g/mol. The first-order valence-corrected chi connectivity index (χ1v) is 11.1. The summed E-state index contributed by atoms with van der Waals surface area (Å²) in [6.07, 6.45) is 5.49. The topological polar surface area (TPSA) is 61.8 Å². The molecule has 0 saturated carbocycles. The number of benzene rings is 1. The lowest BCUT2D eigenvalue weighted by Gasteiger charge is -2.13. The van der Waals surface area contributed by atoms with Crippen LogP contribution < -0.4 is 20.3 Å². The summed E-state index contributed by atoms with van der Waals surface area (Å²) in [7, 11) is 1.82. The maximum Gasteiger partial charge on any atom is 0.190 e. The standard InChI is InChI=1S/C21H29N5OS.HI/c1-22-20(23-9-6-16-4-5-19-17(14-16)8-13-27-19)24-10-7-18-15-28-21(25-18)26-11-2-3-12-26;/h4-5,14-15H,2-3,6-13H2,1H3,(H2,22,23,24);1H. The SMILES string of the molecule is CN=C(NCCc1ccc2c(c1)CCO2)NCCc1csc(N2CCCC2)n1.I. The van der Waals surface area contributed by atoms with Crippen molar-refractivity contribution in [3.05, 3.63) is 40.4 Å². The van der Waals surface area contributed by atoms with Crippen molar-refractivity contribution in [3.63, 3.8) is 0 Å². The molecule has 158 valence electrons. The fraction of sp³-hybridized carbons (Fsp3) is 0.524. The Labute approximate surface area is 194 Å². The lowest BCUT2D eigenvalue weighted by Crippen LogP contribution is -2.39. The van der Waals surface area contributed by atoms with E-state index in [1.165, 1.54) is 29.1 Å². The lowest BCUT2D eigenvalue weighted by atomic mass is 10.1. The van der Waals surface area contributed by atoms with E-state index in [-0.39, 0.29) is 24.0 Å². The van der Waals surface area contributed by atoms with Crippen molar-refractivity contribution < 1.29 is 4.74 Å². The Balaban J connectivity index is 0.00000240. The summed E-state index contributed by atoms with van der Waals surface area (Å²) >= 11 is 1.76. The molecule has 0 radical (unpaired) electrons. The van der Waals surface area contributed by atoms with Gasteiger partial charge in [-0.05, 0) is 36.5 Å². The second-order valence-corrected chi connectivity index (χ2v) is 8.12. The van der Waals surface area contributed by atoms with E-state index in [9.17, 15) is 0 Å². The van der Waals surface area contributed by atoms with Crippen molar-refractivity contribution in [2.24, 2.45) is 4.99 Å². The molecule has 2 N–H and O–H groups in total. The van der Waals surface area contributed by atoms with Gasteiger partial charge < -0.3 is 20.3 Å². The van der Waals surface area contributed by atoms with Gasteiger partial charge in [0.05, 0.1) is 12.3 Å². The van der Waals surface area contributed by atoms with Crippen LogP contribution in [-0.4, -0.2) is 50.8 Å². The molecule has 0 unspecified atom stereocenters. The largest absolute Gasteiger partial charge is 0.493 e. The van der Waals surface area contributed by atoms with Crippen molar-refractivity contribution in [2.75, 3.05) is 44.7 Å². The summed E-state index contributed by atoms with van der Waals surface area (Å²) in [5.74, 6) is 1.89. The van der Waals surface area contributed by atoms with Crippen molar-refractivity contribution in [2.45, 2.75) is 32.1 Å². The van der Waals surface area contributed by atoms with Crippen molar-refractivity contribution in [3.8, 4) is 5.75 Å². The van der Waals surface area contributed by atoms with E-state index in [1.54, 1.807) is 11.3 Å². The van der Waals surface area contributed by atoms with Crippen LogP contribution in [0.15, 0.2) is 28.6 Å². The minimum absolute atomic E-state index is 0. The summed E-state index contributed by atoms with van der Waals surface area (Å²) in [5.41, 5.74) is 3.83. The normalized spacial score (nSPS) is 15.6. The zero-order valence-electron chi connectivity index (χ0n) is 16.9. The number of guanidine groups is 1. The molecule has 0 atom stereocenters. The number of hydrogen-bond donors (Lipinski definition) is 2. The molecule has 3 heterocycles. The van der Waals surface area contributed by atoms with Crippen LogP contribution in [-0.2, 0) is 19.3 Å². The molecule has 29 heavy (non-hydrogen) atoms. The van der Waals surface area contributed by atoms with Gasteiger partial charge in [-0.15, -0.1) is 35.3 Å². The van der Waals surface area contributed by atoms with Crippen molar-refractivity contribution in [1.29, 1.82) is 0 Å². The third-order valence-electron chi connectivity index (χ3n) is 5.27. The zero-order chi connectivity index (χ0) is 19.2. The molecule has 1 aromatic carbocycles. The van der Waals surface area contributed by atoms with E-state index >= 15 is 0 Å². The summed E-state index contributed by atoms with van der Waals surface area (Å²) in [5, 5.41) is 10.2. The van der Waals surface area contributed by atoms with Crippen LogP contribution in [0.2, 0.25) is 0 Å². The van der Waals surface area contributed by atoms with E-state index in [4.69, 9.17) is 9.72 Å². The first-order valence-electron chi connectivity index (χ1n) is 10.2. The van der Waals surface area contributed by atoms with Gasteiger partial charge in [0.1, 0.15) is 5.75 Å². The molecule has 1 fully saturated rings. The van der Waals surface area contributed by atoms with Crippen LogP contribution in [0.25, 0.3) is 0 Å². The Kier molecular flexibility index (Phi) is 8.40. The van der Waals surface area contributed by atoms with Crippen molar-refractivity contribution >= 4 is 46.4 Å². The van der Waals surface area contributed by atoms with Gasteiger partial charge in [0, 0.05) is 51.4 Å². The summed E-state index contributed by atoms with van der Waals surface area (Å²) < 4.78 is 5.57. The third kappa shape index (κ3) is 5.97. The van der Waals surface area contributed by atoms with Crippen LogP contribution in [0.5, 0.6) is 5.75 Å². The zero-order valence-corrected chi connectivity index (χ0v) is 20.1. The summed E-state index contributed by atoms with van der Waals surface area (Å²) in [6.45, 7) is 4.80. The highest BCUT2D eigenvalue weighted by Crippen LogP contribution is 2.26. The Hall–Kier alpha value is -1.55. The van der Waals surface area contributed by atoms with Gasteiger partial charge in [-0.2, -0.15) is 0 Å². The molecular weight excluding hydrogens is 497 g/mol. The highest BCUT2D eigenvalue weighted by Gasteiger charge is 2.15. The quantitative estimate of drug-likeness (QED) is 0.329. The van der Waals surface area contributed by atoms with Gasteiger partial charge in [-0.25, -0.2) is 4.98 Å². The fourth-order valence-corrected chi connectivity index (χ4v) is 4.63. The van der Waals surface area contributed by atoms with Crippen LogP contribution in [0.3, 0.4) is 0 Å². The number of fused-ring (bicyclic) bond motifs is 1. The lowest BCUT2D eigenvalue weighted by molar-refractivity contribution is 0.357. The van der Waals surface area contributed by atoms with E-state index in [0.717, 1.165) is 69.5 Å². The number of ether oxygens (including phenoxy) is 1. The first-order chi connectivity index (χ1) is 13.8. The molecule has 0 spiro atoms. The molecule has 0 aliphatic carbocycles. The van der Waals surface area contributed by atoms with Crippen LogP contribution in [0, 0.1) is 0 Å². The highest BCUT2D eigenvalue weighted by atomic mass is 127. The molecule has 6 nitrogen and oxygen atoms in total. The molecule has 1 saturated heterocycles. The van der Waals surface area contributed by atoms with E-state index in [2.05, 4.69) is 44.1 Å². The van der Waals surface area contributed by atoms with Gasteiger partial charge >= 0.3 is 0 Å². The monoisotopic (exact) mass is 527 g/mol.